The van der Waals surface area contributed by atoms with Crippen molar-refractivity contribution in [1.82, 2.24) is 20.2 Å². The zero-order chi connectivity index (χ0) is 17.6. The molecule has 1 amide bonds. The maximum Gasteiger partial charge on any atom is 0.234 e. The summed E-state index contributed by atoms with van der Waals surface area (Å²) in [6.45, 7) is 3.76. The van der Waals surface area contributed by atoms with Gasteiger partial charge in [0.05, 0.1) is 17.1 Å². The van der Waals surface area contributed by atoms with E-state index in [2.05, 4.69) is 41.0 Å². The van der Waals surface area contributed by atoms with E-state index in [0.29, 0.717) is 19.1 Å². The fourth-order valence-corrected chi connectivity index (χ4v) is 3.61. The van der Waals surface area contributed by atoms with Gasteiger partial charge in [-0.3, -0.25) is 9.69 Å². The molecule has 1 atom stereocenters. The number of ether oxygens (including phenoxy) is 1. The SMILES string of the molecule is CN(c1ncc(Br)cn1)C1CCN(CC(=O)NCC2CCCO2)CC1. The van der Waals surface area contributed by atoms with E-state index in [1.54, 1.807) is 12.4 Å². The number of amides is 1. The van der Waals surface area contributed by atoms with Crippen LogP contribution in [-0.2, 0) is 9.53 Å². The number of hydrogen-bond donors (Lipinski definition) is 1. The molecule has 0 radical (unpaired) electrons. The predicted molar refractivity (Wildman–Crippen MR) is 99.6 cm³/mol. The fraction of sp³-hybridized carbons (Fsp3) is 0.706. The Morgan fingerprint density at radius 3 is 2.72 bits per heavy atom. The number of halogens is 1. The Morgan fingerprint density at radius 1 is 1.36 bits per heavy atom. The summed E-state index contributed by atoms with van der Waals surface area (Å²) in [7, 11) is 2.04. The van der Waals surface area contributed by atoms with E-state index in [4.69, 9.17) is 4.74 Å². The summed E-state index contributed by atoms with van der Waals surface area (Å²) >= 11 is 3.36. The van der Waals surface area contributed by atoms with Gasteiger partial charge >= 0.3 is 0 Å². The maximum atomic E-state index is 12.1. The molecule has 138 valence electrons. The first kappa shape index (κ1) is 18.5. The number of rotatable bonds is 6. The van der Waals surface area contributed by atoms with Crippen molar-refractivity contribution in [3.05, 3.63) is 16.9 Å². The first-order chi connectivity index (χ1) is 12.1. The largest absolute Gasteiger partial charge is 0.376 e. The van der Waals surface area contributed by atoms with Crippen LogP contribution in [0.2, 0.25) is 0 Å². The third-order valence-corrected chi connectivity index (χ3v) is 5.35. The Hall–Kier alpha value is -1.25. The lowest BCUT2D eigenvalue weighted by Gasteiger charge is -2.36. The van der Waals surface area contributed by atoms with E-state index in [1.807, 2.05) is 7.05 Å². The first-order valence-electron chi connectivity index (χ1n) is 8.93. The normalized spacial score (nSPS) is 22.1. The van der Waals surface area contributed by atoms with Gasteiger partial charge in [-0.15, -0.1) is 0 Å². The fourth-order valence-electron chi connectivity index (χ4n) is 3.41. The molecule has 2 aliphatic rings. The third-order valence-electron chi connectivity index (χ3n) is 4.95. The standard InChI is InChI=1S/C17H26BrN5O2/c1-22(17-20-9-13(18)10-21-17)14-4-6-23(7-5-14)12-16(24)19-11-15-3-2-8-25-15/h9-10,14-15H,2-8,11-12H2,1H3,(H,19,24). The third kappa shape index (κ3) is 5.36. The van der Waals surface area contributed by atoms with Gasteiger partial charge in [-0.05, 0) is 41.6 Å². The van der Waals surface area contributed by atoms with Gasteiger partial charge in [0.25, 0.3) is 0 Å². The van der Waals surface area contributed by atoms with Crippen LogP contribution in [0, 0.1) is 0 Å². The van der Waals surface area contributed by atoms with E-state index < -0.39 is 0 Å². The quantitative estimate of drug-likeness (QED) is 0.763. The smallest absolute Gasteiger partial charge is 0.234 e. The Bertz CT molecular complexity index is 557. The topological polar surface area (TPSA) is 70.6 Å². The van der Waals surface area contributed by atoms with Crippen molar-refractivity contribution in [3.8, 4) is 0 Å². The molecule has 0 bridgehead atoms. The molecule has 0 aliphatic carbocycles. The van der Waals surface area contributed by atoms with Gasteiger partial charge in [0.15, 0.2) is 0 Å². The van der Waals surface area contributed by atoms with E-state index in [0.717, 1.165) is 55.8 Å². The summed E-state index contributed by atoms with van der Waals surface area (Å²) in [6.07, 6.45) is 7.91. The Labute approximate surface area is 157 Å². The molecule has 25 heavy (non-hydrogen) atoms. The van der Waals surface area contributed by atoms with Gasteiger partial charge in [-0.1, -0.05) is 0 Å². The number of hydrogen-bond acceptors (Lipinski definition) is 6. The molecular weight excluding hydrogens is 386 g/mol. The molecule has 7 nitrogen and oxygen atoms in total. The zero-order valence-electron chi connectivity index (χ0n) is 14.7. The molecule has 1 unspecified atom stereocenters. The van der Waals surface area contributed by atoms with Crippen LogP contribution in [0.25, 0.3) is 0 Å². The number of nitrogens with one attached hydrogen (secondary N) is 1. The van der Waals surface area contributed by atoms with Crippen molar-refractivity contribution >= 4 is 27.8 Å². The van der Waals surface area contributed by atoms with Gasteiger partial charge in [0.1, 0.15) is 0 Å². The number of likely N-dealkylation sites (tertiary alicyclic amines) is 1. The Morgan fingerprint density at radius 2 is 2.08 bits per heavy atom. The van der Waals surface area contributed by atoms with Crippen molar-refractivity contribution in [1.29, 1.82) is 0 Å². The monoisotopic (exact) mass is 411 g/mol. The Kier molecular flexibility index (Phi) is 6.61. The van der Waals surface area contributed by atoms with E-state index in [-0.39, 0.29) is 12.0 Å². The molecule has 2 fully saturated rings. The average molecular weight is 412 g/mol. The van der Waals surface area contributed by atoms with Crippen LogP contribution in [0.5, 0.6) is 0 Å². The number of nitrogens with zero attached hydrogens (tertiary/aromatic N) is 4. The molecule has 8 heteroatoms. The summed E-state index contributed by atoms with van der Waals surface area (Å²) in [6, 6.07) is 0.410. The highest BCUT2D eigenvalue weighted by molar-refractivity contribution is 9.10. The summed E-state index contributed by atoms with van der Waals surface area (Å²) in [5.41, 5.74) is 0. The van der Waals surface area contributed by atoms with Crippen molar-refractivity contribution in [3.63, 3.8) is 0 Å². The number of anilines is 1. The van der Waals surface area contributed by atoms with Crippen molar-refractivity contribution in [2.75, 3.05) is 44.7 Å². The molecule has 3 heterocycles. The van der Waals surface area contributed by atoms with Gasteiger partial charge in [-0.25, -0.2) is 9.97 Å². The number of aromatic nitrogens is 2. The second-order valence-corrected chi connectivity index (χ2v) is 7.67. The summed E-state index contributed by atoms with van der Waals surface area (Å²) < 4.78 is 6.42. The van der Waals surface area contributed by atoms with E-state index in [1.165, 1.54) is 0 Å². The lowest BCUT2D eigenvalue weighted by atomic mass is 10.0. The number of carbonyl (C=O) groups is 1. The van der Waals surface area contributed by atoms with Crippen LogP contribution in [0.1, 0.15) is 25.7 Å². The van der Waals surface area contributed by atoms with E-state index >= 15 is 0 Å². The lowest BCUT2D eigenvalue weighted by molar-refractivity contribution is -0.123. The highest BCUT2D eigenvalue weighted by Gasteiger charge is 2.25. The molecule has 0 saturated carbocycles. The molecule has 1 aromatic heterocycles. The molecule has 3 rings (SSSR count). The van der Waals surface area contributed by atoms with Gasteiger partial charge in [0, 0.05) is 51.7 Å². The molecule has 1 aromatic rings. The minimum Gasteiger partial charge on any atom is -0.376 e. The molecule has 1 N–H and O–H groups in total. The van der Waals surface area contributed by atoms with Crippen LogP contribution < -0.4 is 10.2 Å². The van der Waals surface area contributed by atoms with Crippen LogP contribution in [0.3, 0.4) is 0 Å². The minimum atomic E-state index is 0.0959. The maximum absolute atomic E-state index is 12.1. The molecule has 0 aromatic carbocycles. The molecule has 0 spiro atoms. The van der Waals surface area contributed by atoms with Gasteiger partial charge in [0.2, 0.25) is 11.9 Å². The second-order valence-electron chi connectivity index (χ2n) is 6.76. The summed E-state index contributed by atoms with van der Waals surface area (Å²) in [5.74, 6) is 0.842. The second kappa shape index (κ2) is 8.91. The van der Waals surface area contributed by atoms with Crippen LogP contribution in [-0.4, -0.2) is 72.8 Å². The summed E-state index contributed by atoms with van der Waals surface area (Å²) in [4.78, 5) is 25.2. The van der Waals surface area contributed by atoms with Crippen LogP contribution in [0.4, 0.5) is 5.95 Å². The highest BCUT2D eigenvalue weighted by atomic mass is 79.9. The Balaban J connectivity index is 1.39. The zero-order valence-corrected chi connectivity index (χ0v) is 16.2. The van der Waals surface area contributed by atoms with Crippen LogP contribution >= 0.6 is 15.9 Å². The van der Waals surface area contributed by atoms with Crippen molar-refractivity contribution in [2.45, 2.75) is 37.8 Å². The van der Waals surface area contributed by atoms with Crippen LogP contribution in [0.15, 0.2) is 16.9 Å². The van der Waals surface area contributed by atoms with Gasteiger partial charge in [-0.2, -0.15) is 0 Å². The average Bonchev–Trinajstić information content (AvgIpc) is 3.14. The molecular formula is C17H26BrN5O2. The molecule has 2 saturated heterocycles. The minimum absolute atomic E-state index is 0.0959. The highest BCUT2D eigenvalue weighted by Crippen LogP contribution is 2.19. The summed E-state index contributed by atoms with van der Waals surface area (Å²) in [5, 5.41) is 3.00. The van der Waals surface area contributed by atoms with Crippen molar-refractivity contribution < 1.29 is 9.53 Å². The number of piperidine rings is 1. The molecule has 2 aliphatic heterocycles. The van der Waals surface area contributed by atoms with Crippen molar-refractivity contribution in [2.24, 2.45) is 0 Å². The first-order valence-corrected chi connectivity index (χ1v) is 9.72. The number of carbonyl (C=O) groups excluding carboxylic acids is 1. The van der Waals surface area contributed by atoms with Gasteiger partial charge < -0.3 is 15.0 Å². The lowest BCUT2D eigenvalue weighted by Crippen LogP contribution is -2.47. The predicted octanol–water partition coefficient (Wildman–Crippen LogP) is 1.43. The van der Waals surface area contributed by atoms with E-state index in [9.17, 15) is 4.79 Å².